The number of pyridine rings is 1. The fraction of sp³-hybridized carbons (Fsp3) is 0.176. The smallest absolute Gasteiger partial charge is 0.221 e. The molecule has 21 heavy (non-hydrogen) atoms. The van der Waals surface area contributed by atoms with Crippen molar-refractivity contribution in [1.82, 2.24) is 4.98 Å². The van der Waals surface area contributed by atoms with Crippen LogP contribution in [-0.4, -0.2) is 24.9 Å². The van der Waals surface area contributed by atoms with Gasteiger partial charge in [0.25, 0.3) is 0 Å². The SMILES string of the molecule is COc1ncc(CC2=CCN=C2)cc1-c1cccc(Cl)c1. The average molecular weight is 299 g/mol. The average Bonchev–Trinajstić information content (AvgIpc) is 3.00. The normalized spacial score (nSPS) is 13.3. The molecule has 1 aliphatic heterocycles. The third kappa shape index (κ3) is 3.14. The number of halogens is 1. The van der Waals surface area contributed by atoms with Crippen LogP contribution in [0, 0.1) is 0 Å². The Hall–Kier alpha value is -2.13. The number of ether oxygens (including phenoxy) is 1. The van der Waals surface area contributed by atoms with E-state index in [2.05, 4.69) is 22.1 Å². The molecule has 0 atom stereocenters. The number of allylic oxidation sites excluding steroid dienone is 1. The summed E-state index contributed by atoms with van der Waals surface area (Å²) >= 11 is 6.08. The lowest BCUT2D eigenvalue weighted by Crippen LogP contribution is -1.96. The van der Waals surface area contributed by atoms with Crippen LogP contribution in [0.25, 0.3) is 11.1 Å². The molecule has 0 saturated carbocycles. The maximum absolute atomic E-state index is 6.08. The van der Waals surface area contributed by atoms with Crippen LogP contribution in [0.5, 0.6) is 5.88 Å². The van der Waals surface area contributed by atoms with Crippen molar-refractivity contribution >= 4 is 17.8 Å². The van der Waals surface area contributed by atoms with E-state index >= 15 is 0 Å². The third-order valence-corrected chi connectivity index (χ3v) is 3.60. The molecular formula is C17H15ClN2O. The molecule has 1 aliphatic rings. The predicted molar refractivity (Wildman–Crippen MR) is 86.4 cm³/mol. The van der Waals surface area contributed by atoms with Gasteiger partial charge in [-0.05, 0) is 34.9 Å². The zero-order valence-corrected chi connectivity index (χ0v) is 12.5. The molecule has 0 amide bonds. The topological polar surface area (TPSA) is 34.5 Å². The molecule has 0 spiro atoms. The van der Waals surface area contributed by atoms with Crippen molar-refractivity contribution in [3.8, 4) is 17.0 Å². The molecule has 0 unspecified atom stereocenters. The highest BCUT2D eigenvalue weighted by atomic mass is 35.5. The number of benzene rings is 1. The van der Waals surface area contributed by atoms with Gasteiger partial charge in [-0.3, -0.25) is 4.99 Å². The zero-order valence-electron chi connectivity index (χ0n) is 11.7. The number of nitrogens with zero attached hydrogens (tertiary/aromatic N) is 2. The van der Waals surface area contributed by atoms with Gasteiger partial charge in [0, 0.05) is 29.4 Å². The molecule has 0 radical (unpaired) electrons. The van der Waals surface area contributed by atoms with E-state index in [0.29, 0.717) is 10.9 Å². The standard InChI is InChI=1S/C17H15ClN2O/c1-21-17-16(14-3-2-4-15(18)9-14)8-13(11-20-17)7-12-5-6-19-10-12/h2-5,8-11H,6-7H2,1H3. The van der Waals surface area contributed by atoms with Crippen molar-refractivity contribution in [2.45, 2.75) is 6.42 Å². The van der Waals surface area contributed by atoms with Crippen molar-refractivity contribution < 1.29 is 4.74 Å². The highest BCUT2D eigenvalue weighted by Gasteiger charge is 2.10. The molecule has 106 valence electrons. The molecule has 3 rings (SSSR count). The summed E-state index contributed by atoms with van der Waals surface area (Å²) < 4.78 is 5.37. The molecule has 2 heterocycles. The first-order chi connectivity index (χ1) is 10.3. The minimum absolute atomic E-state index is 0.607. The maximum Gasteiger partial charge on any atom is 0.221 e. The zero-order chi connectivity index (χ0) is 14.7. The minimum atomic E-state index is 0.607. The lowest BCUT2D eigenvalue weighted by atomic mass is 10.0. The van der Waals surface area contributed by atoms with Crippen LogP contribution in [0.1, 0.15) is 5.56 Å². The number of rotatable bonds is 4. The largest absolute Gasteiger partial charge is 0.481 e. The van der Waals surface area contributed by atoms with Crippen molar-refractivity contribution in [2.75, 3.05) is 13.7 Å². The molecule has 0 aliphatic carbocycles. The second kappa shape index (κ2) is 6.10. The van der Waals surface area contributed by atoms with Gasteiger partial charge in [0.05, 0.1) is 13.7 Å². The molecule has 4 heteroatoms. The van der Waals surface area contributed by atoms with Gasteiger partial charge in [-0.25, -0.2) is 4.98 Å². The molecule has 3 nitrogen and oxygen atoms in total. The summed E-state index contributed by atoms with van der Waals surface area (Å²) in [4.78, 5) is 8.61. The molecule has 1 aromatic heterocycles. The summed E-state index contributed by atoms with van der Waals surface area (Å²) in [6.45, 7) is 0.778. The van der Waals surface area contributed by atoms with Crippen molar-refractivity contribution in [2.24, 2.45) is 4.99 Å². The third-order valence-electron chi connectivity index (χ3n) is 3.36. The Kier molecular flexibility index (Phi) is 4.02. The van der Waals surface area contributed by atoms with Crippen molar-refractivity contribution in [1.29, 1.82) is 0 Å². The Bertz CT molecular complexity index is 722. The number of aliphatic imine (C=N–C) groups is 1. The van der Waals surface area contributed by atoms with Crippen LogP contribution in [0.15, 0.2) is 53.2 Å². The summed E-state index contributed by atoms with van der Waals surface area (Å²) in [5.41, 5.74) is 4.31. The first kappa shape index (κ1) is 13.8. The Balaban J connectivity index is 1.99. The molecule has 0 saturated heterocycles. The van der Waals surface area contributed by atoms with Gasteiger partial charge >= 0.3 is 0 Å². The number of hydrogen-bond donors (Lipinski definition) is 0. The molecule has 0 fully saturated rings. The highest BCUT2D eigenvalue weighted by molar-refractivity contribution is 6.30. The number of hydrogen-bond acceptors (Lipinski definition) is 3. The van der Waals surface area contributed by atoms with Gasteiger partial charge in [-0.1, -0.05) is 29.8 Å². The van der Waals surface area contributed by atoms with Gasteiger partial charge < -0.3 is 4.74 Å². The van der Waals surface area contributed by atoms with E-state index in [1.165, 1.54) is 5.57 Å². The van der Waals surface area contributed by atoms with E-state index in [1.54, 1.807) is 7.11 Å². The maximum atomic E-state index is 6.08. The lowest BCUT2D eigenvalue weighted by molar-refractivity contribution is 0.399. The molecule has 0 N–H and O–H groups in total. The van der Waals surface area contributed by atoms with E-state index < -0.39 is 0 Å². The fourth-order valence-corrected chi connectivity index (χ4v) is 2.55. The minimum Gasteiger partial charge on any atom is -0.481 e. The number of aromatic nitrogens is 1. The van der Waals surface area contributed by atoms with Crippen LogP contribution in [0.3, 0.4) is 0 Å². The second-order valence-electron chi connectivity index (χ2n) is 4.86. The molecule has 1 aromatic carbocycles. The van der Waals surface area contributed by atoms with Gasteiger partial charge in [-0.15, -0.1) is 0 Å². The van der Waals surface area contributed by atoms with Crippen LogP contribution >= 0.6 is 11.6 Å². The Morgan fingerprint density at radius 2 is 2.19 bits per heavy atom. The van der Waals surface area contributed by atoms with Crippen LogP contribution < -0.4 is 4.74 Å². The number of methoxy groups -OCH3 is 1. The van der Waals surface area contributed by atoms with E-state index in [1.807, 2.05) is 36.7 Å². The highest BCUT2D eigenvalue weighted by Crippen LogP contribution is 2.31. The molecule has 0 bridgehead atoms. The van der Waals surface area contributed by atoms with Crippen LogP contribution in [-0.2, 0) is 6.42 Å². The fourth-order valence-electron chi connectivity index (χ4n) is 2.36. The van der Waals surface area contributed by atoms with Gasteiger partial charge in [-0.2, -0.15) is 0 Å². The first-order valence-electron chi connectivity index (χ1n) is 6.74. The summed E-state index contributed by atoms with van der Waals surface area (Å²) in [5.74, 6) is 0.607. The molecular weight excluding hydrogens is 284 g/mol. The van der Waals surface area contributed by atoms with E-state index in [4.69, 9.17) is 16.3 Å². The summed E-state index contributed by atoms with van der Waals surface area (Å²) in [6, 6.07) is 9.81. The van der Waals surface area contributed by atoms with Gasteiger partial charge in [0.1, 0.15) is 0 Å². The first-order valence-corrected chi connectivity index (χ1v) is 7.12. The quantitative estimate of drug-likeness (QED) is 0.856. The lowest BCUT2D eigenvalue weighted by Gasteiger charge is -2.10. The Morgan fingerprint density at radius 1 is 1.29 bits per heavy atom. The van der Waals surface area contributed by atoms with Crippen LogP contribution in [0.2, 0.25) is 5.02 Å². The summed E-state index contributed by atoms with van der Waals surface area (Å²) in [6.07, 6.45) is 6.72. The Morgan fingerprint density at radius 3 is 2.90 bits per heavy atom. The van der Waals surface area contributed by atoms with Crippen molar-refractivity contribution in [3.05, 3.63) is 58.8 Å². The summed E-state index contributed by atoms with van der Waals surface area (Å²) in [7, 11) is 1.63. The van der Waals surface area contributed by atoms with Gasteiger partial charge in [0.2, 0.25) is 5.88 Å². The predicted octanol–water partition coefficient (Wildman–Crippen LogP) is 3.96. The van der Waals surface area contributed by atoms with E-state index in [-0.39, 0.29) is 0 Å². The molecule has 2 aromatic rings. The monoisotopic (exact) mass is 298 g/mol. The van der Waals surface area contributed by atoms with E-state index in [9.17, 15) is 0 Å². The van der Waals surface area contributed by atoms with Gasteiger partial charge in [0.15, 0.2) is 0 Å². The second-order valence-corrected chi connectivity index (χ2v) is 5.30. The summed E-state index contributed by atoms with van der Waals surface area (Å²) in [5, 5.41) is 0.700. The van der Waals surface area contributed by atoms with E-state index in [0.717, 1.165) is 29.7 Å². The Labute approximate surface area is 129 Å². The van der Waals surface area contributed by atoms with Crippen molar-refractivity contribution in [3.63, 3.8) is 0 Å². The van der Waals surface area contributed by atoms with Crippen LogP contribution in [0.4, 0.5) is 0 Å².